The minimum atomic E-state index is -0.0127. The molecular weight excluding hydrogens is 378 g/mol. The number of pyridine rings is 1. The van der Waals surface area contributed by atoms with E-state index in [2.05, 4.69) is 40.2 Å². The molecule has 0 aliphatic heterocycles. The lowest BCUT2D eigenvalue weighted by atomic mass is 10.00. The van der Waals surface area contributed by atoms with Crippen molar-refractivity contribution in [2.24, 2.45) is 7.05 Å². The van der Waals surface area contributed by atoms with E-state index in [0.29, 0.717) is 18.7 Å². The molecule has 1 amide bonds. The molecule has 0 aliphatic carbocycles. The van der Waals surface area contributed by atoms with Crippen LogP contribution >= 0.6 is 0 Å². The molecule has 0 saturated carbocycles. The van der Waals surface area contributed by atoms with E-state index < -0.39 is 0 Å². The topological polar surface area (TPSA) is 74.0 Å². The van der Waals surface area contributed by atoms with Gasteiger partial charge in [-0.3, -0.25) is 4.79 Å². The maximum absolute atomic E-state index is 12.6. The van der Waals surface area contributed by atoms with Gasteiger partial charge in [0, 0.05) is 48.5 Å². The molecular formula is C23H27N5O2. The molecule has 156 valence electrons. The second-order valence-electron chi connectivity index (χ2n) is 7.56. The molecule has 4 rings (SSSR count). The molecule has 0 bridgehead atoms. The molecule has 4 aromatic rings. The highest BCUT2D eigenvalue weighted by Gasteiger charge is 2.18. The second kappa shape index (κ2) is 7.82. The highest BCUT2D eigenvalue weighted by molar-refractivity contribution is 5.94. The fourth-order valence-electron chi connectivity index (χ4n) is 4.12. The summed E-state index contributed by atoms with van der Waals surface area (Å²) in [4.78, 5) is 17.3. The van der Waals surface area contributed by atoms with Gasteiger partial charge in [-0.2, -0.15) is 0 Å². The van der Waals surface area contributed by atoms with Crippen molar-refractivity contribution in [2.45, 2.75) is 40.2 Å². The summed E-state index contributed by atoms with van der Waals surface area (Å²) in [5.74, 6) is 0.553. The zero-order valence-electron chi connectivity index (χ0n) is 18.1. The third kappa shape index (κ3) is 3.40. The number of hydrogen-bond acceptors (Lipinski definition) is 4. The lowest BCUT2D eigenvalue weighted by Gasteiger charge is -2.11. The van der Waals surface area contributed by atoms with Crippen LogP contribution in [0.15, 0.2) is 30.5 Å². The Labute approximate surface area is 175 Å². The zero-order valence-corrected chi connectivity index (χ0v) is 18.1. The molecule has 1 aromatic carbocycles. The van der Waals surface area contributed by atoms with Gasteiger partial charge in [0.25, 0.3) is 0 Å². The Bertz CT molecular complexity index is 1250. The largest absolute Gasteiger partial charge is 0.479 e. The van der Waals surface area contributed by atoms with Crippen LogP contribution < -0.4 is 10.1 Å². The summed E-state index contributed by atoms with van der Waals surface area (Å²) < 4.78 is 9.33. The van der Waals surface area contributed by atoms with E-state index in [1.807, 2.05) is 33.0 Å². The van der Waals surface area contributed by atoms with Crippen molar-refractivity contribution < 1.29 is 9.53 Å². The van der Waals surface area contributed by atoms with Gasteiger partial charge < -0.3 is 14.6 Å². The van der Waals surface area contributed by atoms with Crippen molar-refractivity contribution >= 4 is 33.5 Å². The number of carbonyl (C=O) groups excluding carboxylic acids is 1. The van der Waals surface area contributed by atoms with E-state index in [4.69, 9.17) is 9.72 Å². The van der Waals surface area contributed by atoms with E-state index in [9.17, 15) is 4.79 Å². The molecule has 30 heavy (non-hydrogen) atoms. The standard InChI is InChI=1S/C23H27N5O2/c1-6-28-12-11-16-13-17(7-9-19(16)28)25-20(29)10-8-18-14(2)21-22(24-15(18)3)27(4)26-23(21)30-5/h7,9,11-13H,6,8,10H2,1-5H3,(H,25,29). The molecule has 0 saturated heterocycles. The molecule has 3 aromatic heterocycles. The van der Waals surface area contributed by atoms with E-state index in [0.717, 1.165) is 45.5 Å². The Morgan fingerprint density at radius 2 is 2.03 bits per heavy atom. The van der Waals surface area contributed by atoms with Gasteiger partial charge in [0.2, 0.25) is 11.8 Å². The van der Waals surface area contributed by atoms with E-state index >= 15 is 0 Å². The third-order valence-corrected chi connectivity index (χ3v) is 5.71. The van der Waals surface area contributed by atoms with Crippen LogP contribution in [0.5, 0.6) is 5.88 Å². The average molecular weight is 406 g/mol. The summed E-state index contributed by atoms with van der Waals surface area (Å²) in [6.45, 7) is 7.06. The SMILES string of the molecule is CCn1ccc2cc(NC(=O)CCc3c(C)nc4c(c(OC)nn4C)c3C)ccc21. The first-order chi connectivity index (χ1) is 14.4. The summed E-state index contributed by atoms with van der Waals surface area (Å²) in [5.41, 5.74) is 5.84. The highest BCUT2D eigenvalue weighted by Crippen LogP contribution is 2.30. The van der Waals surface area contributed by atoms with Gasteiger partial charge in [-0.25, -0.2) is 9.67 Å². The quantitative estimate of drug-likeness (QED) is 0.523. The van der Waals surface area contributed by atoms with Crippen LogP contribution in [0.25, 0.3) is 21.9 Å². The maximum Gasteiger partial charge on any atom is 0.242 e. The summed E-state index contributed by atoms with van der Waals surface area (Å²) >= 11 is 0. The predicted octanol–water partition coefficient (Wildman–Crippen LogP) is 4.14. The number of amides is 1. The Morgan fingerprint density at radius 3 is 2.77 bits per heavy atom. The van der Waals surface area contributed by atoms with Crippen molar-refractivity contribution in [3.8, 4) is 5.88 Å². The average Bonchev–Trinajstić information content (AvgIpc) is 3.28. The van der Waals surface area contributed by atoms with Crippen LogP contribution in [0.2, 0.25) is 0 Å². The van der Waals surface area contributed by atoms with Gasteiger partial charge in [0.05, 0.1) is 12.5 Å². The normalized spacial score (nSPS) is 11.4. The van der Waals surface area contributed by atoms with Gasteiger partial charge in [0.1, 0.15) is 0 Å². The summed E-state index contributed by atoms with van der Waals surface area (Å²) in [6.07, 6.45) is 3.06. The van der Waals surface area contributed by atoms with Gasteiger partial charge >= 0.3 is 0 Å². The fraction of sp³-hybridized carbons (Fsp3) is 0.348. The number of hydrogen-bond donors (Lipinski definition) is 1. The molecule has 0 atom stereocenters. The first-order valence-corrected chi connectivity index (χ1v) is 10.2. The van der Waals surface area contributed by atoms with Gasteiger partial charge in [-0.05, 0) is 62.6 Å². The maximum atomic E-state index is 12.6. The number of ether oxygens (including phenoxy) is 1. The monoisotopic (exact) mass is 405 g/mol. The van der Waals surface area contributed by atoms with Crippen molar-refractivity contribution in [1.82, 2.24) is 19.3 Å². The molecule has 7 heteroatoms. The second-order valence-corrected chi connectivity index (χ2v) is 7.56. The molecule has 0 fully saturated rings. The number of aromatic nitrogens is 4. The van der Waals surface area contributed by atoms with Crippen LogP contribution in [0, 0.1) is 13.8 Å². The molecule has 3 heterocycles. The number of nitrogens with one attached hydrogen (secondary N) is 1. The van der Waals surface area contributed by atoms with Crippen molar-refractivity contribution in [3.63, 3.8) is 0 Å². The Balaban J connectivity index is 1.52. The van der Waals surface area contributed by atoms with E-state index in [1.165, 1.54) is 5.52 Å². The number of carbonyl (C=O) groups is 1. The number of anilines is 1. The van der Waals surface area contributed by atoms with Gasteiger partial charge in [-0.1, -0.05) is 0 Å². The lowest BCUT2D eigenvalue weighted by molar-refractivity contribution is -0.116. The zero-order chi connectivity index (χ0) is 21.4. The fourth-order valence-corrected chi connectivity index (χ4v) is 4.12. The number of methoxy groups -OCH3 is 1. The van der Waals surface area contributed by atoms with Gasteiger partial charge in [0.15, 0.2) is 5.65 Å². The molecule has 1 N–H and O–H groups in total. The molecule has 0 aliphatic rings. The minimum Gasteiger partial charge on any atom is -0.479 e. The summed E-state index contributed by atoms with van der Waals surface area (Å²) in [5, 5.41) is 9.44. The molecule has 7 nitrogen and oxygen atoms in total. The number of rotatable bonds is 6. The number of fused-ring (bicyclic) bond motifs is 2. The van der Waals surface area contributed by atoms with Crippen molar-refractivity contribution in [1.29, 1.82) is 0 Å². The van der Waals surface area contributed by atoms with Crippen LogP contribution in [0.3, 0.4) is 0 Å². The third-order valence-electron chi connectivity index (χ3n) is 5.71. The Kier molecular flexibility index (Phi) is 5.20. The minimum absolute atomic E-state index is 0.0127. The smallest absolute Gasteiger partial charge is 0.242 e. The summed E-state index contributed by atoms with van der Waals surface area (Å²) in [7, 11) is 3.47. The lowest BCUT2D eigenvalue weighted by Crippen LogP contribution is -2.13. The molecule has 0 spiro atoms. The number of aryl methyl sites for hydroxylation is 4. The Morgan fingerprint density at radius 1 is 1.23 bits per heavy atom. The van der Waals surface area contributed by atoms with E-state index in [1.54, 1.807) is 11.8 Å². The van der Waals surface area contributed by atoms with Crippen molar-refractivity contribution in [3.05, 3.63) is 47.3 Å². The first kappa shape index (κ1) is 19.9. The molecule has 0 radical (unpaired) electrons. The van der Waals surface area contributed by atoms with Crippen LogP contribution in [0.1, 0.15) is 30.2 Å². The molecule has 0 unspecified atom stereocenters. The van der Waals surface area contributed by atoms with Crippen molar-refractivity contribution in [2.75, 3.05) is 12.4 Å². The van der Waals surface area contributed by atoms with Crippen LogP contribution in [-0.2, 0) is 24.8 Å². The van der Waals surface area contributed by atoms with E-state index in [-0.39, 0.29) is 5.91 Å². The number of nitrogens with zero attached hydrogens (tertiary/aromatic N) is 4. The highest BCUT2D eigenvalue weighted by atomic mass is 16.5. The number of benzene rings is 1. The predicted molar refractivity (Wildman–Crippen MR) is 119 cm³/mol. The van der Waals surface area contributed by atoms with Crippen LogP contribution in [-0.4, -0.2) is 32.3 Å². The van der Waals surface area contributed by atoms with Crippen LogP contribution in [0.4, 0.5) is 5.69 Å². The first-order valence-electron chi connectivity index (χ1n) is 10.2. The summed E-state index contributed by atoms with van der Waals surface area (Å²) in [6, 6.07) is 8.10. The van der Waals surface area contributed by atoms with Gasteiger partial charge in [-0.15, -0.1) is 5.10 Å². The Hall–Kier alpha value is -3.35.